The summed E-state index contributed by atoms with van der Waals surface area (Å²) in [5.74, 6) is 0.131. The number of H-pyrrole nitrogens is 1. The van der Waals surface area contributed by atoms with E-state index in [9.17, 15) is 8.78 Å². The minimum Gasteiger partial charge on any atom is -0.497 e. The number of ether oxygens (including phenoxy) is 1. The number of nitrogens with zero attached hydrogens (tertiary/aromatic N) is 4. The van der Waals surface area contributed by atoms with Crippen molar-refractivity contribution in [2.75, 3.05) is 23.5 Å². The monoisotopic (exact) mass is 438 g/mol. The number of aromatic amines is 1. The molecule has 2 aromatic carbocycles. The largest absolute Gasteiger partial charge is 0.497 e. The van der Waals surface area contributed by atoms with E-state index in [2.05, 4.69) is 35.8 Å². The molecule has 9 nitrogen and oxygen atoms in total. The van der Waals surface area contributed by atoms with Crippen LogP contribution in [0.2, 0.25) is 0 Å². The maximum Gasteiger partial charge on any atom is 0.235 e. The number of nitrogens with two attached hydrogens (primary N) is 1. The standard InChI is InChI=1S/C21H20F2N8O/c1-11(15-8-5-13(22)9-16(15)23)25-20-27-19(24)28-21(29-20)26-18-10-17(30-31-18)12-3-6-14(32-2)7-4-12/h3-11H,1-2H3,(H5,24,25,26,27,28,29,30,31). The van der Waals surface area contributed by atoms with Gasteiger partial charge in [-0.25, -0.2) is 8.78 Å². The van der Waals surface area contributed by atoms with Crippen molar-refractivity contribution >= 4 is 23.7 Å². The van der Waals surface area contributed by atoms with E-state index in [4.69, 9.17) is 10.5 Å². The summed E-state index contributed by atoms with van der Waals surface area (Å²) in [6.45, 7) is 1.69. The maximum atomic E-state index is 14.0. The van der Waals surface area contributed by atoms with Crippen LogP contribution in [0.3, 0.4) is 0 Å². The molecule has 2 aromatic heterocycles. The van der Waals surface area contributed by atoms with Crippen LogP contribution in [-0.4, -0.2) is 32.3 Å². The molecule has 0 radical (unpaired) electrons. The lowest BCUT2D eigenvalue weighted by atomic mass is 10.1. The summed E-state index contributed by atoms with van der Waals surface area (Å²) in [6, 6.07) is 12.1. The molecule has 0 spiro atoms. The average Bonchev–Trinajstić information content (AvgIpc) is 3.21. The van der Waals surface area contributed by atoms with Gasteiger partial charge in [0.25, 0.3) is 0 Å². The first-order chi connectivity index (χ1) is 15.4. The molecule has 0 saturated heterocycles. The van der Waals surface area contributed by atoms with Gasteiger partial charge in [-0.05, 0) is 42.8 Å². The molecule has 0 aliphatic carbocycles. The number of hydrogen-bond donors (Lipinski definition) is 4. The van der Waals surface area contributed by atoms with Crippen molar-refractivity contribution in [3.8, 4) is 17.0 Å². The molecule has 11 heteroatoms. The lowest BCUT2D eigenvalue weighted by Gasteiger charge is -2.15. The fourth-order valence-electron chi connectivity index (χ4n) is 3.06. The summed E-state index contributed by atoms with van der Waals surface area (Å²) < 4.78 is 32.4. The first kappa shape index (κ1) is 21.0. The molecule has 2 heterocycles. The quantitative estimate of drug-likeness (QED) is 0.340. The number of anilines is 4. The Kier molecular flexibility index (Phi) is 5.79. The van der Waals surface area contributed by atoms with Gasteiger partial charge in [-0.3, -0.25) is 5.10 Å². The van der Waals surface area contributed by atoms with Crippen LogP contribution in [0.4, 0.5) is 32.4 Å². The number of benzene rings is 2. The van der Waals surface area contributed by atoms with Crippen molar-refractivity contribution in [3.63, 3.8) is 0 Å². The van der Waals surface area contributed by atoms with E-state index in [1.807, 2.05) is 24.3 Å². The lowest BCUT2D eigenvalue weighted by molar-refractivity contribution is 0.415. The van der Waals surface area contributed by atoms with Gasteiger partial charge in [0, 0.05) is 17.7 Å². The smallest absolute Gasteiger partial charge is 0.235 e. The van der Waals surface area contributed by atoms with Crippen molar-refractivity contribution in [2.45, 2.75) is 13.0 Å². The fraction of sp³-hybridized carbons (Fsp3) is 0.143. The first-order valence-corrected chi connectivity index (χ1v) is 9.61. The van der Waals surface area contributed by atoms with Gasteiger partial charge in [-0.15, -0.1) is 0 Å². The Balaban J connectivity index is 1.50. The van der Waals surface area contributed by atoms with E-state index in [0.717, 1.165) is 23.1 Å². The van der Waals surface area contributed by atoms with Gasteiger partial charge in [0.05, 0.1) is 18.8 Å². The van der Waals surface area contributed by atoms with E-state index in [0.29, 0.717) is 5.82 Å². The predicted octanol–water partition coefficient (Wildman–Crippen LogP) is 4.05. The van der Waals surface area contributed by atoms with Crippen molar-refractivity contribution in [3.05, 3.63) is 65.7 Å². The Morgan fingerprint density at radius 3 is 2.47 bits per heavy atom. The van der Waals surface area contributed by atoms with Gasteiger partial charge in [-0.2, -0.15) is 20.1 Å². The van der Waals surface area contributed by atoms with Crippen molar-refractivity contribution in [1.29, 1.82) is 0 Å². The highest BCUT2D eigenvalue weighted by molar-refractivity contribution is 5.65. The van der Waals surface area contributed by atoms with Gasteiger partial charge in [0.15, 0.2) is 5.82 Å². The molecule has 164 valence electrons. The number of rotatable bonds is 7. The molecule has 32 heavy (non-hydrogen) atoms. The molecule has 4 rings (SSSR count). The molecule has 0 saturated carbocycles. The molecule has 4 aromatic rings. The molecular formula is C21H20F2N8O. The third-order valence-corrected chi connectivity index (χ3v) is 4.65. The summed E-state index contributed by atoms with van der Waals surface area (Å²) in [4.78, 5) is 12.3. The SMILES string of the molecule is COc1ccc(-c2cc(Nc3nc(N)nc(NC(C)c4ccc(F)cc4F)n3)n[nH]2)cc1. The Morgan fingerprint density at radius 1 is 1.00 bits per heavy atom. The number of halogens is 2. The van der Waals surface area contributed by atoms with Gasteiger partial charge in [0.2, 0.25) is 17.8 Å². The number of hydrogen-bond acceptors (Lipinski definition) is 8. The highest BCUT2D eigenvalue weighted by Crippen LogP contribution is 2.25. The molecule has 0 fully saturated rings. The van der Waals surface area contributed by atoms with Crippen LogP contribution >= 0.6 is 0 Å². The third kappa shape index (κ3) is 4.72. The summed E-state index contributed by atoms with van der Waals surface area (Å²) in [7, 11) is 1.60. The Bertz CT molecular complexity index is 1230. The normalized spacial score (nSPS) is 11.8. The van der Waals surface area contributed by atoms with E-state index >= 15 is 0 Å². The maximum absolute atomic E-state index is 14.0. The zero-order chi connectivity index (χ0) is 22.7. The van der Waals surface area contributed by atoms with Gasteiger partial charge in [-0.1, -0.05) is 6.07 Å². The van der Waals surface area contributed by atoms with Crippen LogP contribution in [0.25, 0.3) is 11.3 Å². The second kappa shape index (κ2) is 8.84. The molecule has 0 amide bonds. The molecule has 1 unspecified atom stereocenters. The Labute approximate surface area is 182 Å². The van der Waals surface area contributed by atoms with Gasteiger partial charge >= 0.3 is 0 Å². The van der Waals surface area contributed by atoms with Crippen LogP contribution in [-0.2, 0) is 0 Å². The van der Waals surface area contributed by atoms with E-state index in [-0.39, 0.29) is 23.4 Å². The first-order valence-electron chi connectivity index (χ1n) is 9.61. The second-order valence-corrected chi connectivity index (χ2v) is 6.89. The third-order valence-electron chi connectivity index (χ3n) is 4.65. The Morgan fingerprint density at radius 2 is 1.75 bits per heavy atom. The predicted molar refractivity (Wildman–Crippen MR) is 116 cm³/mol. The van der Waals surface area contributed by atoms with Crippen molar-refractivity contribution in [2.24, 2.45) is 0 Å². The molecule has 0 aliphatic rings. The van der Waals surface area contributed by atoms with Gasteiger partial charge < -0.3 is 21.1 Å². The lowest BCUT2D eigenvalue weighted by Crippen LogP contribution is -2.14. The topological polar surface area (TPSA) is 127 Å². The van der Waals surface area contributed by atoms with E-state index in [1.54, 1.807) is 20.1 Å². The number of nitrogen functional groups attached to an aromatic ring is 1. The van der Waals surface area contributed by atoms with Crippen LogP contribution in [0.15, 0.2) is 48.5 Å². The fourth-order valence-corrected chi connectivity index (χ4v) is 3.06. The minimum absolute atomic E-state index is 0.0392. The Hall–Kier alpha value is -4.28. The minimum atomic E-state index is -0.673. The highest BCUT2D eigenvalue weighted by Gasteiger charge is 2.15. The van der Waals surface area contributed by atoms with Crippen molar-refractivity contribution in [1.82, 2.24) is 25.1 Å². The summed E-state index contributed by atoms with van der Waals surface area (Å²) in [5.41, 5.74) is 7.75. The van der Waals surface area contributed by atoms with E-state index in [1.165, 1.54) is 12.1 Å². The molecular weight excluding hydrogens is 418 g/mol. The zero-order valence-electron chi connectivity index (χ0n) is 17.2. The van der Waals surface area contributed by atoms with Crippen molar-refractivity contribution < 1.29 is 13.5 Å². The van der Waals surface area contributed by atoms with Crippen LogP contribution in [0.5, 0.6) is 5.75 Å². The van der Waals surface area contributed by atoms with Crippen LogP contribution < -0.4 is 21.1 Å². The van der Waals surface area contributed by atoms with Crippen LogP contribution in [0, 0.1) is 11.6 Å². The molecule has 1 atom stereocenters. The molecule has 0 aliphatic heterocycles. The number of nitrogens with one attached hydrogen (secondary N) is 3. The van der Waals surface area contributed by atoms with Gasteiger partial charge in [0.1, 0.15) is 17.4 Å². The highest BCUT2D eigenvalue weighted by atomic mass is 19.1. The summed E-state index contributed by atoms with van der Waals surface area (Å²) in [6.07, 6.45) is 0. The molecule has 5 N–H and O–H groups in total. The number of aromatic nitrogens is 5. The number of methoxy groups -OCH3 is 1. The van der Waals surface area contributed by atoms with Crippen LogP contribution in [0.1, 0.15) is 18.5 Å². The second-order valence-electron chi connectivity index (χ2n) is 6.89. The molecule has 0 bridgehead atoms. The summed E-state index contributed by atoms with van der Waals surface area (Å²) >= 11 is 0. The zero-order valence-corrected chi connectivity index (χ0v) is 17.2. The summed E-state index contributed by atoms with van der Waals surface area (Å²) in [5, 5.41) is 13.0. The van der Waals surface area contributed by atoms with E-state index < -0.39 is 17.7 Å². The average molecular weight is 438 g/mol.